The SMILES string of the molecule is COC(OC)[C@H]1CCCC[C@H]1C1(OC)SCCCS1. The van der Waals surface area contributed by atoms with E-state index >= 15 is 0 Å². The molecule has 0 radical (unpaired) electrons. The molecule has 1 saturated heterocycles. The summed E-state index contributed by atoms with van der Waals surface area (Å²) in [5.74, 6) is 3.37. The monoisotopic (exact) mass is 306 g/mol. The molecule has 2 fully saturated rings. The van der Waals surface area contributed by atoms with Crippen LogP contribution in [0.3, 0.4) is 0 Å². The van der Waals surface area contributed by atoms with Gasteiger partial charge in [-0.15, -0.1) is 23.5 Å². The lowest BCUT2D eigenvalue weighted by Crippen LogP contribution is -2.46. The quantitative estimate of drug-likeness (QED) is 0.724. The van der Waals surface area contributed by atoms with Crippen LogP contribution in [0.5, 0.6) is 0 Å². The van der Waals surface area contributed by atoms with Gasteiger partial charge in [-0.3, -0.25) is 0 Å². The Morgan fingerprint density at radius 3 is 2.16 bits per heavy atom. The third-order valence-electron chi connectivity index (χ3n) is 4.27. The Kier molecular flexibility index (Phi) is 6.34. The van der Waals surface area contributed by atoms with Gasteiger partial charge in [-0.2, -0.15) is 0 Å². The Balaban J connectivity index is 2.16. The van der Waals surface area contributed by atoms with Crippen molar-refractivity contribution in [3.8, 4) is 0 Å². The van der Waals surface area contributed by atoms with Crippen LogP contribution in [-0.2, 0) is 14.2 Å². The summed E-state index contributed by atoms with van der Waals surface area (Å²) in [5, 5.41) is 0. The highest BCUT2D eigenvalue weighted by Crippen LogP contribution is 2.54. The number of hydrogen-bond donors (Lipinski definition) is 0. The standard InChI is InChI=1S/C14H26O3S2/c1-15-13(16-2)11-7-4-5-8-12(11)14(17-3)18-9-6-10-19-14/h11-13H,4-10H2,1-3H3/t11-,12+/m0/s1. The van der Waals surface area contributed by atoms with Crippen molar-refractivity contribution in [2.24, 2.45) is 11.8 Å². The number of thioether (sulfide) groups is 2. The van der Waals surface area contributed by atoms with E-state index in [0.29, 0.717) is 11.8 Å². The number of ether oxygens (including phenoxy) is 3. The van der Waals surface area contributed by atoms with Gasteiger partial charge in [-0.1, -0.05) is 12.8 Å². The van der Waals surface area contributed by atoms with Crippen LogP contribution in [0.2, 0.25) is 0 Å². The van der Waals surface area contributed by atoms with Crippen molar-refractivity contribution in [1.29, 1.82) is 0 Å². The van der Waals surface area contributed by atoms with E-state index in [4.69, 9.17) is 14.2 Å². The predicted molar refractivity (Wildman–Crippen MR) is 82.5 cm³/mol. The van der Waals surface area contributed by atoms with Crippen LogP contribution in [-0.4, -0.2) is 43.4 Å². The lowest BCUT2D eigenvalue weighted by atomic mass is 9.78. The molecule has 0 aromatic rings. The van der Waals surface area contributed by atoms with E-state index in [0.717, 1.165) is 0 Å². The minimum atomic E-state index is -0.0968. The van der Waals surface area contributed by atoms with Crippen LogP contribution in [0, 0.1) is 11.8 Å². The average molecular weight is 306 g/mol. The number of methoxy groups -OCH3 is 3. The molecule has 2 rings (SSSR count). The zero-order valence-electron chi connectivity index (χ0n) is 12.2. The first kappa shape index (κ1) is 16.0. The smallest absolute Gasteiger partial charge is 0.163 e. The van der Waals surface area contributed by atoms with Crippen molar-refractivity contribution in [3.05, 3.63) is 0 Å². The van der Waals surface area contributed by atoms with Gasteiger partial charge in [0.15, 0.2) is 10.6 Å². The Hall–Kier alpha value is 0.580. The lowest BCUT2D eigenvalue weighted by molar-refractivity contribution is -0.165. The van der Waals surface area contributed by atoms with Crippen LogP contribution in [0.4, 0.5) is 0 Å². The van der Waals surface area contributed by atoms with Crippen molar-refractivity contribution in [2.45, 2.75) is 42.7 Å². The molecule has 0 bridgehead atoms. The van der Waals surface area contributed by atoms with E-state index in [2.05, 4.69) is 0 Å². The van der Waals surface area contributed by atoms with Gasteiger partial charge in [-0.25, -0.2) is 0 Å². The summed E-state index contributed by atoms with van der Waals surface area (Å²) >= 11 is 3.98. The van der Waals surface area contributed by atoms with Crippen LogP contribution in [0.1, 0.15) is 32.1 Å². The Morgan fingerprint density at radius 2 is 1.58 bits per heavy atom. The molecular formula is C14H26O3S2. The molecule has 1 saturated carbocycles. The molecule has 0 aromatic carbocycles. The number of hydrogen-bond acceptors (Lipinski definition) is 5. The Bertz CT molecular complexity index is 265. The molecule has 112 valence electrons. The molecular weight excluding hydrogens is 280 g/mol. The van der Waals surface area contributed by atoms with Crippen molar-refractivity contribution >= 4 is 23.5 Å². The highest BCUT2D eigenvalue weighted by molar-refractivity contribution is 8.18. The zero-order chi connectivity index (χ0) is 13.7. The highest BCUT2D eigenvalue weighted by atomic mass is 32.2. The van der Waals surface area contributed by atoms with Crippen molar-refractivity contribution in [1.82, 2.24) is 0 Å². The molecule has 1 aliphatic heterocycles. The van der Waals surface area contributed by atoms with Gasteiger partial charge in [0.25, 0.3) is 0 Å². The highest BCUT2D eigenvalue weighted by Gasteiger charge is 2.48. The molecule has 0 N–H and O–H groups in total. The van der Waals surface area contributed by atoms with E-state index in [1.165, 1.54) is 43.6 Å². The summed E-state index contributed by atoms with van der Waals surface area (Å²) in [5.41, 5.74) is 0. The molecule has 2 atom stereocenters. The van der Waals surface area contributed by atoms with E-state index < -0.39 is 0 Å². The molecule has 1 heterocycles. The first-order valence-electron chi connectivity index (χ1n) is 7.16. The molecule has 0 aromatic heterocycles. The van der Waals surface area contributed by atoms with Crippen molar-refractivity contribution in [3.63, 3.8) is 0 Å². The van der Waals surface area contributed by atoms with E-state index in [1.54, 1.807) is 14.2 Å². The molecule has 5 heteroatoms. The van der Waals surface area contributed by atoms with Crippen LogP contribution >= 0.6 is 23.5 Å². The van der Waals surface area contributed by atoms with E-state index in [-0.39, 0.29) is 10.6 Å². The maximum Gasteiger partial charge on any atom is 0.163 e. The van der Waals surface area contributed by atoms with Crippen molar-refractivity contribution in [2.75, 3.05) is 32.8 Å². The molecule has 0 amide bonds. The van der Waals surface area contributed by atoms with Gasteiger partial charge in [-0.05, 0) is 30.8 Å². The third-order valence-corrected chi connectivity index (χ3v) is 7.70. The molecule has 1 aliphatic carbocycles. The molecule has 19 heavy (non-hydrogen) atoms. The normalized spacial score (nSPS) is 31.6. The lowest BCUT2D eigenvalue weighted by Gasteiger charge is -2.47. The fourth-order valence-corrected chi connectivity index (χ4v) is 6.79. The second-order valence-electron chi connectivity index (χ2n) is 5.25. The average Bonchev–Trinajstić information content (AvgIpc) is 2.50. The zero-order valence-corrected chi connectivity index (χ0v) is 13.9. The third kappa shape index (κ3) is 3.43. The molecule has 0 spiro atoms. The second kappa shape index (κ2) is 7.55. The number of rotatable bonds is 5. The predicted octanol–water partition coefficient (Wildman–Crippen LogP) is 3.58. The Morgan fingerprint density at radius 1 is 0.947 bits per heavy atom. The van der Waals surface area contributed by atoms with Gasteiger partial charge >= 0.3 is 0 Å². The first-order chi connectivity index (χ1) is 9.27. The minimum Gasteiger partial charge on any atom is -0.358 e. The maximum atomic E-state index is 6.00. The molecule has 0 unspecified atom stereocenters. The van der Waals surface area contributed by atoms with Gasteiger partial charge in [0.05, 0.1) is 0 Å². The van der Waals surface area contributed by atoms with Crippen LogP contribution in [0.15, 0.2) is 0 Å². The van der Waals surface area contributed by atoms with Gasteiger partial charge < -0.3 is 14.2 Å². The fourth-order valence-electron chi connectivity index (χ4n) is 3.38. The summed E-state index contributed by atoms with van der Waals surface area (Å²) < 4.78 is 17.0. The summed E-state index contributed by atoms with van der Waals surface area (Å²) in [4.78, 5) is 0. The Labute approximate surface area is 125 Å². The first-order valence-corrected chi connectivity index (χ1v) is 9.13. The van der Waals surface area contributed by atoms with Crippen LogP contribution in [0.25, 0.3) is 0 Å². The fraction of sp³-hybridized carbons (Fsp3) is 1.00. The van der Waals surface area contributed by atoms with Gasteiger partial charge in [0, 0.05) is 33.2 Å². The van der Waals surface area contributed by atoms with E-state index in [1.807, 2.05) is 30.6 Å². The molecule has 2 aliphatic rings. The summed E-state index contributed by atoms with van der Waals surface area (Å²) in [7, 11) is 5.37. The topological polar surface area (TPSA) is 27.7 Å². The second-order valence-corrected chi connectivity index (χ2v) is 8.12. The van der Waals surface area contributed by atoms with Crippen molar-refractivity contribution < 1.29 is 14.2 Å². The van der Waals surface area contributed by atoms with Gasteiger partial charge in [0.2, 0.25) is 0 Å². The minimum absolute atomic E-state index is 0.0847. The largest absolute Gasteiger partial charge is 0.358 e. The summed E-state index contributed by atoms with van der Waals surface area (Å²) in [6.07, 6.45) is 6.17. The molecule has 3 nitrogen and oxygen atoms in total. The summed E-state index contributed by atoms with van der Waals surface area (Å²) in [6, 6.07) is 0. The van der Waals surface area contributed by atoms with E-state index in [9.17, 15) is 0 Å². The van der Waals surface area contributed by atoms with Crippen LogP contribution < -0.4 is 0 Å². The van der Waals surface area contributed by atoms with Gasteiger partial charge in [0.1, 0.15) is 0 Å². The maximum absolute atomic E-state index is 6.00. The summed E-state index contributed by atoms with van der Waals surface area (Å²) in [6.45, 7) is 0.